The number of carbonyl (C=O) groups is 2. The van der Waals surface area contributed by atoms with E-state index in [2.05, 4.69) is 29.5 Å². The Labute approximate surface area is 180 Å². The lowest BCUT2D eigenvalue weighted by molar-refractivity contribution is -0.117. The van der Waals surface area contributed by atoms with Gasteiger partial charge in [-0.3, -0.25) is 10.1 Å². The van der Waals surface area contributed by atoms with E-state index in [0.29, 0.717) is 32.2 Å². The molecule has 0 saturated heterocycles. The molecule has 30 heavy (non-hydrogen) atoms. The van der Waals surface area contributed by atoms with Crippen LogP contribution in [0.1, 0.15) is 27.2 Å². The molecule has 2 heterocycles. The third-order valence-electron chi connectivity index (χ3n) is 4.57. The maximum absolute atomic E-state index is 12.1. The Hall–Kier alpha value is -2.68. The molecule has 8 nitrogen and oxygen atoms in total. The molecule has 3 rings (SSSR count). The molecule has 0 saturated carbocycles. The molecule has 1 aliphatic rings. The fourth-order valence-electron chi connectivity index (χ4n) is 3.02. The summed E-state index contributed by atoms with van der Waals surface area (Å²) in [6.45, 7) is 8.51. The van der Waals surface area contributed by atoms with E-state index in [9.17, 15) is 9.59 Å². The van der Waals surface area contributed by atoms with Crippen molar-refractivity contribution >= 4 is 23.7 Å². The zero-order valence-corrected chi connectivity index (χ0v) is 18.4. The fraction of sp³-hybridized carbons (Fsp3) is 0.476. The smallest absolute Gasteiger partial charge is 0.321 e. The third kappa shape index (κ3) is 5.69. The minimum Gasteiger partial charge on any atom is -0.486 e. The predicted molar refractivity (Wildman–Crippen MR) is 116 cm³/mol. The van der Waals surface area contributed by atoms with Crippen molar-refractivity contribution in [3.63, 3.8) is 0 Å². The first-order valence-electron chi connectivity index (χ1n) is 10.1. The first-order valence-corrected chi connectivity index (χ1v) is 11.1. The molecule has 0 radical (unpaired) electrons. The van der Waals surface area contributed by atoms with Crippen molar-refractivity contribution in [1.82, 2.24) is 20.2 Å². The highest BCUT2D eigenvalue weighted by Gasteiger charge is 2.17. The number of hydrogen-bond donors (Lipinski definition) is 2. The van der Waals surface area contributed by atoms with Crippen LogP contribution < -0.4 is 20.1 Å². The summed E-state index contributed by atoms with van der Waals surface area (Å²) < 4.78 is 13.3. The first kappa shape index (κ1) is 22.0. The van der Waals surface area contributed by atoms with Crippen LogP contribution in [0.3, 0.4) is 0 Å². The highest BCUT2D eigenvalue weighted by Crippen LogP contribution is 2.35. The molecule has 162 valence electrons. The molecule has 3 amide bonds. The van der Waals surface area contributed by atoms with Crippen molar-refractivity contribution < 1.29 is 19.1 Å². The molecule has 0 spiro atoms. The van der Waals surface area contributed by atoms with Gasteiger partial charge in [-0.1, -0.05) is 25.6 Å². The van der Waals surface area contributed by atoms with Gasteiger partial charge in [0.25, 0.3) is 0 Å². The second kappa shape index (κ2) is 10.4. The average Bonchev–Trinajstić information content (AvgIpc) is 3.14. The van der Waals surface area contributed by atoms with Gasteiger partial charge in [-0.15, -0.1) is 0 Å². The Bertz CT molecular complexity index is 897. The van der Waals surface area contributed by atoms with E-state index in [1.165, 1.54) is 11.8 Å². The van der Waals surface area contributed by atoms with E-state index >= 15 is 0 Å². The van der Waals surface area contributed by atoms with Crippen molar-refractivity contribution in [2.75, 3.05) is 25.5 Å². The van der Waals surface area contributed by atoms with Crippen molar-refractivity contribution in [2.45, 2.75) is 38.9 Å². The summed E-state index contributed by atoms with van der Waals surface area (Å²) in [5, 5.41) is 5.77. The van der Waals surface area contributed by atoms with Gasteiger partial charge in [0.2, 0.25) is 5.91 Å². The maximum atomic E-state index is 12.1. The molecule has 0 fully saturated rings. The van der Waals surface area contributed by atoms with Gasteiger partial charge in [0, 0.05) is 18.7 Å². The second-order valence-corrected chi connectivity index (χ2v) is 8.25. The quantitative estimate of drug-likeness (QED) is 0.622. The molecule has 0 unspecified atom stereocenters. The lowest BCUT2D eigenvalue weighted by atomic mass is 10.1. The number of thioether (sulfide) groups is 1. The Kier molecular flexibility index (Phi) is 7.62. The number of aromatic nitrogens is 2. The summed E-state index contributed by atoms with van der Waals surface area (Å²) >= 11 is 1.30. The molecule has 1 aliphatic heterocycles. The lowest BCUT2D eigenvalue weighted by Crippen LogP contribution is -2.40. The van der Waals surface area contributed by atoms with Crippen molar-refractivity contribution in [1.29, 1.82) is 0 Å². The number of hydrogen-bond acceptors (Lipinski definition) is 6. The predicted octanol–water partition coefficient (Wildman–Crippen LogP) is 3.31. The van der Waals surface area contributed by atoms with Gasteiger partial charge in [0.1, 0.15) is 13.2 Å². The van der Waals surface area contributed by atoms with E-state index in [4.69, 9.17) is 9.47 Å². The topological polar surface area (TPSA) is 94.5 Å². The molecule has 2 N–H and O–H groups in total. The molecule has 1 aromatic carbocycles. The van der Waals surface area contributed by atoms with Gasteiger partial charge in [-0.05, 0) is 37.5 Å². The summed E-state index contributed by atoms with van der Waals surface area (Å²) in [5.41, 5.74) is 1.90. The summed E-state index contributed by atoms with van der Waals surface area (Å²) in [6.07, 6.45) is 2.65. The van der Waals surface area contributed by atoms with Crippen molar-refractivity contribution in [2.24, 2.45) is 5.92 Å². The van der Waals surface area contributed by atoms with Crippen LogP contribution in [0.2, 0.25) is 0 Å². The minimum absolute atomic E-state index is 0.106. The van der Waals surface area contributed by atoms with Gasteiger partial charge in [-0.25, -0.2) is 9.78 Å². The highest BCUT2D eigenvalue weighted by atomic mass is 32.2. The van der Waals surface area contributed by atoms with Crippen molar-refractivity contribution in [3.05, 3.63) is 24.4 Å². The van der Waals surface area contributed by atoms with Crippen LogP contribution in [0, 0.1) is 5.92 Å². The normalized spacial score (nSPS) is 12.7. The molecular weight excluding hydrogens is 404 g/mol. The number of carbonyl (C=O) groups excluding carboxylic acids is 2. The molecule has 0 aliphatic carbocycles. The minimum atomic E-state index is -0.461. The Morgan fingerprint density at radius 2 is 2.00 bits per heavy atom. The summed E-state index contributed by atoms with van der Waals surface area (Å²) in [4.78, 5) is 28.4. The number of ether oxygens (including phenoxy) is 2. The Balaban J connectivity index is 1.59. The van der Waals surface area contributed by atoms with Gasteiger partial charge in [0.15, 0.2) is 16.7 Å². The monoisotopic (exact) mass is 432 g/mol. The van der Waals surface area contributed by atoms with Crippen LogP contribution in [-0.2, 0) is 11.3 Å². The number of amides is 3. The SMILES string of the molecule is CCn1c(-c2ccc3c(c2)OCCO3)cnc1SCC(=O)NC(=O)NCCC(C)C. The summed E-state index contributed by atoms with van der Waals surface area (Å²) in [5.74, 6) is 1.71. The number of nitrogens with one attached hydrogen (secondary N) is 2. The van der Waals surface area contributed by atoms with Crippen LogP contribution in [0.5, 0.6) is 11.5 Å². The number of fused-ring (bicyclic) bond motifs is 1. The largest absolute Gasteiger partial charge is 0.486 e. The number of nitrogens with zero attached hydrogens (tertiary/aromatic N) is 2. The van der Waals surface area contributed by atoms with Crippen LogP contribution in [-0.4, -0.2) is 47.0 Å². The summed E-state index contributed by atoms with van der Waals surface area (Å²) in [7, 11) is 0. The standard InChI is InChI=1S/C21H28N4O4S/c1-4-25-16(15-5-6-17-18(11-15)29-10-9-28-17)12-23-21(25)30-13-19(26)24-20(27)22-8-7-14(2)3/h5-6,11-12,14H,4,7-10,13H2,1-3H3,(H2,22,24,26,27). The Morgan fingerprint density at radius 1 is 1.23 bits per heavy atom. The van der Waals surface area contributed by atoms with Crippen LogP contribution in [0.4, 0.5) is 4.79 Å². The van der Waals surface area contributed by atoms with E-state index in [1.54, 1.807) is 6.20 Å². The van der Waals surface area contributed by atoms with Crippen LogP contribution in [0.15, 0.2) is 29.6 Å². The van der Waals surface area contributed by atoms with Gasteiger partial charge in [-0.2, -0.15) is 0 Å². The maximum Gasteiger partial charge on any atom is 0.321 e. The third-order valence-corrected chi connectivity index (χ3v) is 5.56. The van der Waals surface area contributed by atoms with E-state index in [0.717, 1.165) is 34.3 Å². The molecular formula is C21H28N4O4S. The molecule has 0 bridgehead atoms. The van der Waals surface area contributed by atoms with Crippen molar-refractivity contribution in [3.8, 4) is 22.8 Å². The average molecular weight is 433 g/mol. The number of imide groups is 1. The van der Waals surface area contributed by atoms with E-state index in [-0.39, 0.29) is 11.7 Å². The molecule has 0 atom stereocenters. The second-order valence-electron chi connectivity index (χ2n) is 7.30. The molecule has 9 heteroatoms. The fourth-order valence-corrected chi connectivity index (χ4v) is 3.87. The Morgan fingerprint density at radius 3 is 2.73 bits per heavy atom. The zero-order valence-electron chi connectivity index (χ0n) is 17.6. The number of rotatable bonds is 8. The molecule has 1 aromatic heterocycles. The van der Waals surface area contributed by atoms with Gasteiger partial charge >= 0.3 is 6.03 Å². The summed E-state index contributed by atoms with van der Waals surface area (Å²) in [6, 6.07) is 5.35. The van der Waals surface area contributed by atoms with Gasteiger partial charge < -0.3 is 19.4 Å². The number of benzene rings is 1. The number of urea groups is 1. The van der Waals surface area contributed by atoms with Gasteiger partial charge in [0.05, 0.1) is 17.6 Å². The zero-order chi connectivity index (χ0) is 21.5. The molecule has 2 aromatic rings. The van der Waals surface area contributed by atoms with E-state index in [1.807, 2.05) is 29.7 Å². The number of imidazole rings is 1. The first-order chi connectivity index (χ1) is 14.5. The van der Waals surface area contributed by atoms with E-state index < -0.39 is 6.03 Å². The lowest BCUT2D eigenvalue weighted by Gasteiger charge is -2.19. The van der Waals surface area contributed by atoms with Crippen LogP contribution >= 0.6 is 11.8 Å². The van der Waals surface area contributed by atoms with Crippen LogP contribution in [0.25, 0.3) is 11.3 Å². The highest BCUT2D eigenvalue weighted by molar-refractivity contribution is 7.99.